The molecule has 0 bridgehead atoms. The van der Waals surface area contributed by atoms with Gasteiger partial charge in [0, 0.05) is 6.04 Å². The first-order valence-corrected chi connectivity index (χ1v) is 9.55. The molecule has 7 heteroatoms. The Kier molecular flexibility index (Phi) is 4.54. The first-order valence-electron chi connectivity index (χ1n) is 12.0. The van der Waals surface area contributed by atoms with E-state index < -0.39 is 54.1 Å². The molecule has 0 spiro atoms. The average Bonchev–Trinajstić information content (AvgIpc) is 3.36. The van der Waals surface area contributed by atoms with E-state index in [1.165, 1.54) is 11.8 Å². The molecule has 1 saturated heterocycles. The molecule has 28 heavy (non-hydrogen) atoms. The van der Waals surface area contributed by atoms with E-state index >= 15 is 0 Å². The number of hydrogen-bond donors (Lipinski definition) is 3. The van der Waals surface area contributed by atoms with Crippen LogP contribution in [0.15, 0.2) is 30.2 Å². The number of amides is 1. The van der Waals surface area contributed by atoms with Crippen LogP contribution >= 0.6 is 0 Å². The molecule has 152 valence electrons. The summed E-state index contributed by atoms with van der Waals surface area (Å²) in [5.74, 6) is -2.65. The maximum Gasteiger partial charge on any atom is 0.326 e. The number of carbonyl (C=O) groups is 3. The third-order valence-electron chi connectivity index (χ3n) is 5.73. The van der Waals surface area contributed by atoms with E-state index in [2.05, 4.69) is 5.32 Å². The number of benzene rings is 1. The number of likely N-dealkylation sites (tertiary alicyclic amines) is 1. The molecule has 1 aromatic carbocycles. The van der Waals surface area contributed by atoms with Crippen LogP contribution in [-0.4, -0.2) is 57.1 Å². The van der Waals surface area contributed by atoms with Gasteiger partial charge >= 0.3 is 11.9 Å². The standard InChI is InChI=1S/C21H28N2O5/c1-13(22-16(20(25)26)11-10-14-6-3-2-4-7-14)19(24)23-17-9-5-8-15(17)12-18(23)21(27)28/h2-4,6-7,13,15-18,22H,5,8-12H2,1H3,(H,25,26)(H,27,28)/t13-,15+,16+,17+,18+/m0/s1/i2D,3D,4D,6D,7D. The van der Waals surface area contributed by atoms with Crippen LogP contribution in [0.2, 0.25) is 0 Å². The number of fused-ring (bicyclic) bond motifs is 1. The second-order valence-electron chi connectivity index (χ2n) is 7.51. The highest BCUT2D eigenvalue weighted by Crippen LogP contribution is 2.41. The van der Waals surface area contributed by atoms with E-state index in [0.29, 0.717) is 6.42 Å². The quantitative estimate of drug-likeness (QED) is 0.623. The molecule has 1 aliphatic heterocycles. The first kappa shape index (κ1) is 14.6. The van der Waals surface area contributed by atoms with Gasteiger partial charge in [-0.05, 0) is 50.5 Å². The van der Waals surface area contributed by atoms with E-state index in [1.807, 2.05) is 0 Å². The summed E-state index contributed by atoms with van der Waals surface area (Å²) < 4.78 is 39.1. The summed E-state index contributed by atoms with van der Waals surface area (Å²) in [6, 6.07) is -5.55. The minimum absolute atomic E-state index is 0.00677. The number of rotatable bonds is 8. The van der Waals surface area contributed by atoms with Gasteiger partial charge in [0.25, 0.3) is 0 Å². The molecule has 0 aromatic heterocycles. The Bertz CT molecular complexity index is 946. The molecule has 1 aromatic rings. The predicted molar refractivity (Wildman–Crippen MR) is 103 cm³/mol. The minimum Gasteiger partial charge on any atom is -0.480 e. The van der Waals surface area contributed by atoms with Crippen molar-refractivity contribution in [1.29, 1.82) is 0 Å². The first-order chi connectivity index (χ1) is 15.5. The Morgan fingerprint density at radius 1 is 1.25 bits per heavy atom. The Morgan fingerprint density at radius 3 is 2.61 bits per heavy atom. The largest absolute Gasteiger partial charge is 0.480 e. The number of hydrogen-bond acceptors (Lipinski definition) is 4. The number of nitrogens with zero attached hydrogens (tertiary/aromatic N) is 1. The molecule has 0 unspecified atom stereocenters. The van der Waals surface area contributed by atoms with Crippen molar-refractivity contribution < 1.29 is 31.5 Å². The summed E-state index contributed by atoms with van der Waals surface area (Å²) in [7, 11) is 0. The number of carboxylic acid groups (broad SMARTS) is 2. The topological polar surface area (TPSA) is 107 Å². The van der Waals surface area contributed by atoms with Crippen molar-refractivity contribution in [1.82, 2.24) is 10.2 Å². The molecule has 3 rings (SSSR count). The van der Waals surface area contributed by atoms with Gasteiger partial charge in [-0.15, -0.1) is 0 Å². The van der Waals surface area contributed by atoms with Crippen LogP contribution in [0.1, 0.15) is 51.4 Å². The van der Waals surface area contributed by atoms with Crippen LogP contribution < -0.4 is 5.32 Å². The number of carbonyl (C=O) groups excluding carboxylic acids is 1. The predicted octanol–water partition coefficient (Wildman–Crippen LogP) is 1.90. The van der Waals surface area contributed by atoms with Crippen LogP contribution in [-0.2, 0) is 20.8 Å². The lowest BCUT2D eigenvalue weighted by molar-refractivity contribution is -0.151. The second kappa shape index (κ2) is 8.73. The lowest BCUT2D eigenvalue weighted by atomic mass is 10.0. The van der Waals surface area contributed by atoms with Gasteiger partial charge < -0.3 is 15.1 Å². The summed E-state index contributed by atoms with van der Waals surface area (Å²) in [6.07, 6.45) is 2.70. The molecule has 2 aliphatic rings. The van der Waals surface area contributed by atoms with Crippen LogP contribution in [0.25, 0.3) is 0 Å². The molecule has 0 radical (unpaired) electrons. The van der Waals surface area contributed by atoms with Crippen LogP contribution in [0, 0.1) is 5.92 Å². The van der Waals surface area contributed by atoms with Gasteiger partial charge in [-0.2, -0.15) is 0 Å². The summed E-state index contributed by atoms with van der Waals surface area (Å²) in [5.41, 5.74) is 0.00677. The maximum absolute atomic E-state index is 13.1. The van der Waals surface area contributed by atoms with Gasteiger partial charge in [0.1, 0.15) is 12.1 Å². The highest BCUT2D eigenvalue weighted by Gasteiger charge is 2.49. The Morgan fingerprint density at radius 2 is 1.96 bits per heavy atom. The average molecular weight is 393 g/mol. The van der Waals surface area contributed by atoms with E-state index in [-0.39, 0.29) is 42.4 Å². The van der Waals surface area contributed by atoms with Crippen molar-refractivity contribution >= 4 is 17.8 Å². The van der Waals surface area contributed by atoms with Gasteiger partial charge in [0.2, 0.25) is 5.91 Å². The highest BCUT2D eigenvalue weighted by molar-refractivity contribution is 5.88. The Hall–Kier alpha value is -2.41. The van der Waals surface area contributed by atoms with Crippen molar-refractivity contribution in [3.05, 3.63) is 35.8 Å². The fourth-order valence-corrected chi connectivity index (χ4v) is 4.39. The maximum atomic E-state index is 13.1. The van der Waals surface area contributed by atoms with Crippen molar-refractivity contribution in [3.8, 4) is 0 Å². The van der Waals surface area contributed by atoms with Gasteiger partial charge in [-0.3, -0.25) is 14.9 Å². The normalized spacial score (nSPS) is 28.4. The molecular weight excluding hydrogens is 360 g/mol. The van der Waals surface area contributed by atoms with Gasteiger partial charge in [-0.25, -0.2) is 4.79 Å². The van der Waals surface area contributed by atoms with Gasteiger partial charge in [-0.1, -0.05) is 36.6 Å². The van der Waals surface area contributed by atoms with E-state index in [4.69, 9.17) is 6.85 Å². The molecule has 1 saturated carbocycles. The number of carboxylic acids is 2. The Balaban J connectivity index is 1.73. The zero-order chi connectivity index (χ0) is 24.6. The molecule has 1 heterocycles. The molecule has 2 fully saturated rings. The van der Waals surface area contributed by atoms with E-state index in [1.54, 1.807) is 0 Å². The van der Waals surface area contributed by atoms with Crippen LogP contribution in [0.3, 0.4) is 0 Å². The summed E-state index contributed by atoms with van der Waals surface area (Å²) >= 11 is 0. The third kappa shape index (κ3) is 4.35. The van der Waals surface area contributed by atoms with Crippen molar-refractivity contribution in [3.63, 3.8) is 0 Å². The summed E-state index contributed by atoms with van der Waals surface area (Å²) in [4.78, 5) is 38.1. The van der Waals surface area contributed by atoms with Gasteiger partial charge in [0.05, 0.1) is 12.9 Å². The van der Waals surface area contributed by atoms with Crippen molar-refractivity contribution in [2.24, 2.45) is 5.92 Å². The third-order valence-corrected chi connectivity index (χ3v) is 5.73. The zero-order valence-corrected chi connectivity index (χ0v) is 15.7. The monoisotopic (exact) mass is 393 g/mol. The SMILES string of the molecule is [2H]c1c([2H])c([2H])c(CC[C@@H](N[C@@H](C)C(=O)N2[C@@H](C(=O)O)C[C@H]3CCC[C@H]32)C(=O)O)c([2H])c1[2H]. The molecule has 1 amide bonds. The fraction of sp³-hybridized carbons (Fsp3) is 0.571. The van der Waals surface area contributed by atoms with Crippen molar-refractivity contribution in [2.45, 2.75) is 69.6 Å². The number of aliphatic carboxylic acids is 2. The van der Waals surface area contributed by atoms with E-state index in [0.717, 1.165) is 19.3 Å². The Labute approximate surface area is 171 Å². The molecule has 7 nitrogen and oxygen atoms in total. The molecular formula is C21H28N2O5. The molecule has 1 aliphatic carbocycles. The number of nitrogens with one attached hydrogen (secondary N) is 1. The van der Waals surface area contributed by atoms with E-state index in [9.17, 15) is 24.6 Å². The smallest absolute Gasteiger partial charge is 0.326 e. The van der Waals surface area contributed by atoms with Crippen LogP contribution in [0.5, 0.6) is 0 Å². The zero-order valence-electron chi connectivity index (χ0n) is 20.7. The molecule has 5 atom stereocenters. The summed E-state index contributed by atoms with van der Waals surface area (Å²) in [5, 5.41) is 22.0. The van der Waals surface area contributed by atoms with Gasteiger partial charge in [0.15, 0.2) is 0 Å². The minimum atomic E-state index is -1.25. The van der Waals surface area contributed by atoms with Crippen molar-refractivity contribution in [2.75, 3.05) is 0 Å². The second-order valence-corrected chi connectivity index (χ2v) is 7.51. The van der Waals surface area contributed by atoms with Crippen LogP contribution in [0.4, 0.5) is 0 Å². The molecule has 3 N–H and O–H groups in total. The summed E-state index contributed by atoms with van der Waals surface area (Å²) in [6.45, 7) is 1.49. The highest BCUT2D eigenvalue weighted by atomic mass is 16.4. The lowest BCUT2D eigenvalue weighted by Gasteiger charge is -2.31. The lowest BCUT2D eigenvalue weighted by Crippen LogP contribution is -2.55. The fourth-order valence-electron chi connectivity index (χ4n) is 4.39.